The summed E-state index contributed by atoms with van der Waals surface area (Å²) < 4.78 is 27.3. The average Bonchev–Trinajstić information content (AvgIpc) is 3.49. The number of allylic oxidation sites excluding steroid dienone is 3. The van der Waals surface area contributed by atoms with Crippen molar-refractivity contribution >= 4 is 22.2 Å². The molecular formula is C32H29F2N5. The number of hydrogen-bond acceptors (Lipinski definition) is 4. The van der Waals surface area contributed by atoms with Crippen LogP contribution in [0.3, 0.4) is 0 Å². The molecule has 3 aromatic heterocycles. The van der Waals surface area contributed by atoms with E-state index in [-0.39, 0.29) is 13.0 Å². The zero-order chi connectivity index (χ0) is 27.1. The molecule has 0 spiro atoms. The highest BCUT2D eigenvalue weighted by molar-refractivity contribution is 5.96. The van der Waals surface area contributed by atoms with Gasteiger partial charge in [0.1, 0.15) is 11.0 Å². The maximum atomic E-state index is 13.7. The molecule has 196 valence electrons. The molecule has 2 aliphatic rings. The predicted octanol–water partition coefficient (Wildman–Crippen LogP) is 5.58. The van der Waals surface area contributed by atoms with Crippen LogP contribution < -0.4 is 10.7 Å². The number of H-pyrrole nitrogens is 1. The molecule has 0 bridgehead atoms. The first-order valence-electron chi connectivity index (χ1n) is 13.1. The van der Waals surface area contributed by atoms with Gasteiger partial charge in [-0.3, -0.25) is 9.88 Å². The quantitative estimate of drug-likeness (QED) is 0.323. The molecule has 1 aromatic carbocycles. The Morgan fingerprint density at radius 2 is 2.05 bits per heavy atom. The molecular weight excluding hydrogens is 492 g/mol. The Kier molecular flexibility index (Phi) is 6.31. The fourth-order valence-corrected chi connectivity index (χ4v) is 5.28. The second kappa shape index (κ2) is 9.82. The van der Waals surface area contributed by atoms with Gasteiger partial charge in [0.05, 0.1) is 35.0 Å². The topological polar surface area (TPSA) is 57.2 Å². The van der Waals surface area contributed by atoms with Crippen molar-refractivity contribution in [1.29, 1.82) is 0 Å². The second-order valence-corrected chi connectivity index (χ2v) is 10.2. The van der Waals surface area contributed by atoms with Crippen LogP contribution in [-0.2, 0) is 0 Å². The smallest absolute Gasteiger partial charge is 0.261 e. The molecule has 7 heteroatoms. The van der Waals surface area contributed by atoms with E-state index in [1.54, 1.807) is 11.0 Å². The zero-order valence-corrected chi connectivity index (χ0v) is 22.0. The van der Waals surface area contributed by atoms with Gasteiger partial charge in [-0.15, -0.1) is 0 Å². The first kappa shape index (κ1) is 25.1. The number of aromatic amines is 1. The maximum Gasteiger partial charge on any atom is 0.261 e. The number of nitrogens with one attached hydrogen (secondary N) is 1. The SMILES string of the molecule is C=C/C(=C\C(=C/C)c1ccc2c(n1)=C(c1cc3c(-c4cccc(C)c4)cncc3[nH]1)N=2)CN1CCC(F)(F)C1. The summed E-state index contributed by atoms with van der Waals surface area (Å²) in [6, 6.07) is 14.4. The molecule has 0 aliphatic carbocycles. The molecule has 0 saturated carbocycles. The van der Waals surface area contributed by atoms with Crippen LogP contribution in [0.5, 0.6) is 0 Å². The highest BCUT2D eigenvalue weighted by Gasteiger charge is 2.37. The van der Waals surface area contributed by atoms with Crippen LogP contribution >= 0.6 is 0 Å². The van der Waals surface area contributed by atoms with Crippen molar-refractivity contribution in [1.82, 2.24) is 19.9 Å². The van der Waals surface area contributed by atoms with Gasteiger partial charge in [-0.05, 0) is 54.8 Å². The van der Waals surface area contributed by atoms with Crippen LogP contribution in [0, 0.1) is 6.92 Å². The molecule has 1 N–H and O–H groups in total. The van der Waals surface area contributed by atoms with E-state index >= 15 is 0 Å². The van der Waals surface area contributed by atoms with Gasteiger partial charge in [0.15, 0.2) is 0 Å². The monoisotopic (exact) mass is 521 g/mol. The van der Waals surface area contributed by atoms with E-state index in [1.807, 2.05) is 43.6 Å². The fraction of sp³-hybridized carbons (Fsp3) is 0.219. The zero-order valence-electron chi connectivity index (χ0n) is 22.0. The van der Waals surface area contributed by atoms with Gasteiger partial charge >= 0.3 is 0 Å². The van der Waals surface area contributed by atoms with E-state index in [4.69, 9.17) is 9.98 Å². The number of benzene rings is 1. The van der Waals surface area contributed by atoms with Crippen molar-refractivity contribution in [3.8, 4) is 11.1 Å². The summed E-state index contributed by atoms with van der Waals surface area (Å²) in [6.45, 7) is 8.54. The Balaban J connectivity index is 1.34. The highest BCUT2D eigenvalue weighted by atomic mass is 19.3. The lowest BCUT2D eigenvalue weighted by Crippen LogP contribution is -2.38. The van der Waals surface area contributed by atoms with Crippen molar-refractivity contribution in [3.63, 3.8) is 0 Å². The summed E-state index contributed by atoms with van der Waals surface area (Å²) in [5, 5.41) is 2.75. The van der Waals surface area contributed by atoms with Gasteiger partial charge in [-0.25, -0.2) is 18.8 Å². The Morgan fingerprint density at radius 1 is 1.18 bits per heavy atom. The average molecular weight is 522 g/mol. The molecule has 0 unspecified atom stereocenters. The van der Waals surface area contributed by atoms with E-state index in [0.29, 0.717) is 13.1 Å². The molecule has 0 atom stereocenters. The van der Waals surface area contributed by atoms with Crippen LogP contribution in [0.2, 0.25) is 0 Å². The molecule has 1 saturated heterocycles. The summed E-state index contributed by atoms with van der Waals surface area (Å²) in [5.41, 5.74) is 8.61. The number of likely N-dealkylation sites (tertiary alicyclic amines) is 1. The molecule has 0 radical (unpaired) electrons. The third kappa shape index (κ3) is 4.86. The number of alkyl halides is 2. The van der Waals surface area contributed by atoms with Gasteiger partial charge < -0.3 is 4.98 Å². The number of aryl methyl sites for hydroxylation is 1. The van der Waals surface area contributed by atoms with E-state index in [0.717, 1.165) is 61.0 Å². The van der Waals surface area contributed by atoms with Gasteiger partial charge in [-0.1, -0.05) is 48.6 Å². The van der Waals surface area contributed by atoms with Crippen LogP contribution in [-0.4, -0.2) is 45.4 Å². The van der Waals surface area contributed by atoms with Crippen LogP contribution in [0.1, 0.15) is 30.3 Å². The standard InChI is InChI=1S/C32H29F2N5/c1-4-21(18-39-12-11-32(33,34)19-39)14-22(5-2)26-9-10-27-30(37-26)31(38-27)28-15-24-25(16-35-17-29(24)36-28)23-8-6-7-20(3)13-23/h4-10,13-17,36H,1,11-12,18-19H2,2-3H3/b21-14+,22-5+. The lowest BCUT2D eigenvalue weighted by Gasteiger charge is -2.16. The largest absolute Gasteiger partial charge is 0.352 e. The number of halogens is 2. The highest BCUT2D eigenvalue weighted by Crippen LogP contribution is 2.31. The predicted molar refractivity (Wildman–Crippen MR) is 152 cm³/mol. The van der Waals surface area contributed by atoms with Gasteiger partial charge in [0.25, 0.3) is 5.92 Å². The Hall–Kier alpha value is -4.23. The summed E-state index contributed by atoms with van der Waals surface area (Å²) in [4.78, 5) is 19.4. The second-order valence-electron chi connectivity index (χ2n) is 10.2. The molecule has 6 rings (SSSR count). The third-order valence-electron chi connectivity index (χ3n) is 7.33. The number of nitrogens with zero attached hydrogens (tertiary/aromatic N) is 4. The number of pyridine rings is 2. The number of hydrogen-bond donors (Lipinski definition) is 1. The molecule has 2 aliphatic heterocycles. The van der Waals surface area contributed by atoms with Crippen LogP contribution in [0.15, 0.2) is 90.2 Å². The molecule has 5 heterocycles. The number of aromatic nitrogens is 3. The van der Waals surface area contributed by atoms with Crippen molar-refractivity contribution in [2.45, 2.75) is 26.2 Å². The Labute approximate surface area is 225 Å². The molecule has 5 nitrogen and oxygen atoms in total. The Morgan fingerprint density at radius 3 is 2.79 bits per heavy atom. The van der Waals surface area contributed by atoms with Crippen molar-refractivity contribution < 1.29 is 8.78 Å². The Bertz CT molecular complexity index is 1790. The molecule has 4 aromatic rings. The van der Waals surface area contributed by atoms with E-state index in [9.17, 15) is 8.78 Å². The number of fused-ring (bicyclic) bond motifs is 2. The van der Waals surface area contributed by atoms with Crippen LogP contribution in [0.25, 0.3) is 33.3 Å². The van der Waals surface area contributed by atoms with Crippen LogP contribution in [0.4, 0.5) is 8.78 Å². The molecule has 39 heavy (non-hydrogen) atoms. The number of rotatable bonds is 7. The van der Waals surface area contributed by atoms with Crippen molar-refractivity contribution in [2.75, 3.05) is 19.6 Å². The molecule has 1 fully saturated rings. The third-order valence-corrected chi connectivity index (χ3v) is 7.33. The summed E-state index contributed by atoms with van der Waals surface area (Å²) in [7, 11) is 0. The minimum atomic E-state index is -2.62. The minimum absolute atomic E-state index is 0.0985. The van der Waals surface area contributed by atoms with E-state index in [2.05, 4.69) is 53.8 Å². The van der Waals surface area contributed by atoms with E-state index < -0.39 is 5.92 Å². The lowest BCUT2D eigenvalue weighted by molar-refractivity contribution is 0.0131. The first-order chi connectivity index (χ1) is 18.8. The fourth-order valence-electron chi connectivity index (χ4n) is 5.28. The van der Waals surface area contributed by atoms with Gasteiger partial charge in [-0.2, -0.15) is 0 Å². The van der Waals surface area contributed by atoms with Crippen molar-refractivity contribution in [2.24, 2.45) is 4.99 Å². The molecule has 0 amide bonds. The maximum absolute atomic E-state index is 13.7. The van der Waals surface area contributed by atoms with Gasteiger partial charge in [0.2, 0.25) is 0 Å². The summed E-state index contributed by atoms with van der Waals surface area (Å²) in [6.07, 6.45) is 9.33. The van der Waals surface area contributed by atoms with E-state index in [1.165, 1.54) is 5.56 Å². The normalized spacial score (nSPS) is 17.2. The first-order valence-corrected chi connectivity index (χ1v) is 13.1. The van der Waals surface area contributed by atoms with Crippen molar-refractivity contribution in [3.05, 3.63) is 113 Å². The summed E-state index contributed by atoms with van der Waals surface area (Å²) >= 11 is 0. The van der Waals surface area contributed by atoms with Gasteiger partial charge in [0, 0.05) is 36.7 Å². The summed E-state index contributed by atoms with van der Waals surface area (Å²) in [5.74, 6) is -2.62. The lowest BCUT2D eigenvalue weighted by atomic mass is 10.0. The minimum Gasteiger partial charge on any atom is -0.352 e.